The summed E-state index contributed by atoms with van der Waals surface area (Å²) < 4.78 is 12.9. The van der Waals surface area contributed by atoms with Gasteiger partial charge in [-0.2, -0.15) is 0 Å². The molecule has 0 amide bonds. The molecule has 1 saturated carbocycles. The van der Waals surface area contributed by atoms with Gasteiger partial charge in [0, 0.05) is 5.69 Å². The first-order chi connectivity index (χ1) is 9.78. The number of halogens is 1. The van der Waals surface area contributed by atoms with Crippen molar-refractivity contribution in [1.82, 2.24) is 4.98 Å². The summed E-state index contributed by atoms with van der Waals surface area (Å²) in [7, 11) is 0. The van der Waals surface area contributed by atoms with Gasteiger partial charge in [0.15, 0.2) is 0 Å². The Bertz CT molecular complexity index is 761. The molecule has 4 rings (SSSR count). The average molecular weight is 265 g/mol. The fourth-order valence-electron chi connectivity index (χ4n) is 2.92. The Balaban J connectivity index is 1.54. The summed E-state index contributed by atoms with van der Waals surface area (Å²) in [6.45, 7) is 0. The standard InChI is InChI=1S/C18H16FN/c19-16-5-1-12(2-6-16)3-7-17-8-4-13-9-14-10-15(14)11-18(13)20-17/h1-2,4-6,8-9,11,14-15H,3,7,10H2. The normalized spacial score (nSPS) is 22.2. The van der Waals surface area contributed by atoms with Crippen molar-refractivity contribution < 1.29 is 4.39 Å². The maximum Gasteiger partial charge on any atom is 0.123 e. The first-order valence-corrected chi connectivity index (χ1v) is 7.22. The molecule has 2 heteroatoms. The molecule has 0 aliphatic heterocycles. The summed E-state index contributed by atoms with van der Waals surface area (Å²) in [6.07, 6.45) is 7.78. The van der Waals surface area contributed by atoms with Gasteiger partial charge in [0.1, 0.15) is 5.82 Å². The molecule has 100 valence electrons. The van der Waals surface area contributed by atoms with Gasteiger partial charge in [-0.15, -0.1) is 0 Å². The van der Waals surface area contributed by atoms with Crippen LogP contribution < -0.4 is 10.6 Å². The molecule has 0 bridgehead atoms. The third-order valence-electron chi connectivity index (χ3n) is 4.25. The summed E-state index contributed by atoms with van der Waals surface area (Å²) in [5.74, 6) is 1.33. The highest BCUT2D eigenvalue weighted by molar-refractivity contribution is 5.47. The van der Waals surface area contributed by atoms with E-state index >= 15 is 0 Å². The van der Waals surface area contributed by atoms with Gasteiger partial charge in [0.25, 0.3) is 0 Å². The minimum atomic E-state index is -0.176. The van der Waals surface area contributed by atoms with Gasteiger partial charge in [-0.05, 0) is 60.1 Å². The SMILES string of the molecule is Fc1ccc(CCc2ccc3c(n2)=CC2CC2C=3)cc1. The van der Waals surface area contributed by atoms with Gasteiger partial charge in [-0.25, -0.2) is 4.39 Å². The third kappa shape index (κ3) is 2.26. The second kappa shape index (κ2) is 4.55. The van der Waals surface area contributed by atoms with Crippen LogP contribution in [0.1, 0.15) is 17.7 Å². The van der Waals surface area contributed by atoms with E-state index in [1.165, 1.54) is 23.8 Å². The predicted molar refractivity (Wildman–Crippen MR) is 77.8 cm³/mol. The van der Waals surface area contributed by atoms with E-state index in [0.29, 0.717) is 0 Å². The van der Waals surface area contributed by atoms with E-state index in [2.05, 4.69) is 24.3 Å². The highest BCUT2D eigenvalue weighted by Gasteiger charge is 2.34. The molecule has 20 heavy (non-hydrogen) atoms. The average Bonchev–Trinajstić information content (AvgIpc) is 3.22. The summed E-state index contributed by atoms with van der Waals surface area (Å²) >= 11 is 0. The largest absolute Gasteiger partial charge is 0.253 e. The number of pyridine rings is 1. The number of aromatic nitrogens is 1. The Labute approximate surface area is 117 Å². The van der Waals surface area contributed by atoms with Crippen molar-refractivity contribution in [2.24, 2.45) is 11.8 Å². The maximum absolute atomic E-state index is 12.9. The van der Waals surface area contributed by atoms with E-state index in [4.69, 9.17) is 4.98 Å². The van der Waals surface area contributed by atoms with Crippen LogP contribution in [-0.4, -0.2) is 4.98 Å². The number of fused-ring (bicyclic) bond motifs is 2. The van der Waals surface area contributed by atoms with Crippen LogP contribution in [0.15, 0.2) is 36.4 Å². The number of aryl methyl sites for hydroxylation is 2. The highest BCUT2D eigenvalue weighted by Crippen LogP contribution is 2.41. The Morgan fingerprint density at radius 2 is 1.75 bits per heavy atom. The van der Waals surface area contributed by atoms with E-state index < -0.39 is 0 Å². The summed E-state index contributed by atoms with van der Waals surface area (Å²) in [5.41, 5.74) is 2.28. The molecule has 1 heterocycles. The fourth-order valence-corrected chi connectivity index (χ4v) is 2.92. The predicted octanol–water partition coefficient (Wildman–Crippen LogP) is 2.22. The van der Waals surface area contributed by atoms with Crippen molar-refractivity contribution >= 4 is 12.2 Å². The molecule has 2 aliphatic rings. The second-order valence-corrected chi connectivity index (χ2v) is 5.80. The number of benzene rings is 1. The van der Waals surface area contributed by atoms with Crippen molar-refractivity contribution in [3.05, 3.63) is 64.0 Å². The third-order valence-corrected chi connectivity index (χ3v) is 4.25. The smallest absolute Gasteiger partial charge is 0.123 e. The Hall–Kier alpha value is -1.96. The first-order valence-electron chi connectivity index (χ1n) is 7.22. The summed E-state index contributed by atoms with van der Waals surface area (Å²) in [6, 6.07) is 11.0. The Kier molecular flexibility index (Phi) is 2.69. The summed E-state index contributed by atoms with van der Waals surface area (Å²) in [4.78, 5) is 4.76. The van der Waals surface area contributed by atoms with E-state index in [0.717, 1.165) is 41.3 Å². The van der Waals surface area contributed by atoms with Crippen molar-refractivity contribution in [3.8, 4) is 0 Å². The molecule has 1 nitrogen and oxygen atoms in total. The molecule has 1 aromatic heterocycles. The van der Waals surface area contributed by atoms with E-state index in [1.54, 1.807) is 0 Å². The van der Waals surface area contributed by atoms with E-state index in [1.807, 2.05) is 12.1 Å². The number of hydrogen-bond acceptors (Lipinski definition) is 1. The maximum atomic E-state index is 12.9. The molecule has 2 aliphatic carbocycles. The van der Waals surface area contributed by atoms with E-state index in [9.17, 15) is 4.39 Å². The highest BCUT2D eigenvalue weighted by atomic mass is 19.1. The lowest BCUT2D eigenvalue weighted by Crippen LogP contribution is -2.31. The molecule has 0 radical (unpaired) electrons. The lowest BCUT2D eigenvalue weighted by atomic mass is 10.1. The second-order valence-electron chi connectivity index (χ2n) is 5.80. The van der Waals surface area contributed by atoms with Gasteiger partial charge in [-0.1, -0.05) is 30.4 Å². The van der Waals surface area contributed by atoms with Crippen molar-refractivity contribution in [3.63, 3.8) is 0 Å². The minimum absolute atomic E-state index is 0.176. The number of hydrogen-bond donors (Lipinski definition) is 0. The monoisotopic (exact) mass is 265 g/mol. The van der Waals surface area contributed by atoms with Crippen LogP contribution in [0.5, 0.6) is 0 Å². The van der Waals surface area contributed by atoms with Crippen LogP contribution in [0.2, 0.25) is 0 Å². The van der Waals surface area contributed by atoms with Crippen LogP contribution in [0.25, 0.3) is 12.2 Å². The van der Waals surface area contributed by atoms with Crippen LogP contribution >= 0.6 is 0 Å². The van der Waals surface area contributed by atoms with Crippen molar-refractivity contribution in [2.75, 3.05) is 0 Å². The van der Waals surface area contributed by atoms with Gasteiger partial charge in [0.05, 0.1) is 5.35 Å². The van der Waals surface area contributed by atoms with Gasteiger partial charge in [0.2, 0.25) is 0 Å². The number of rotatable bonds is 3. The molecule has 1 fully saturated rings. The Morgan fingerprint density at radius 3 is 2.60 bits per heavy atom. The van der Waals surface area contributed by atoms with Gasteiger partial charge >= 0.3 is 0 Å². The minimum Gasteiger partial charge on any atom is -0.253 e. The summed E-state index contributed by atoms with van der Waals surface area (Å²) in [5, 5.41) is 2.44. The molecule has 0 N–H and O–H groups in total. The molecule has 2 aromatic rings. The van der Waals surface area contributed by atoms with Crippen molar-refractivity contribution in [1.29, 1.82) is 0 Å². The quantitative estimate of drug-likeness (QED) is 0.829. The fraction of sp³-hybridized carbons (Fsp3) is 0.278. The Morgan fingerprint density at radius 1 is 0.950 bits per heavy atom. The van der Waals surface area contributed by atoms with Crippen LogP contribution in [0, 0.1) is 17.7 Å². The topological polar surface area (TPSA) is 12.9 Å². The van der Waals surface area contributed by atoms with Gasteiger partial charge < -0.3 is 0 Å². The molecule has 2 atom stereocenters. The molecule has 1 aromatic carbocycles. The zero-order valence-electron chi connectivity index (χ0n) is 11.2. The molecular formula is C18H16FN. The van der Waals surface area contributed by atoms with E-state index in [-0.39, 0.29) is 5.82 Å². The molecule has 0 saturated heterocycles. The van der Waals surface area contributed by atoms with Crippen LogP contribution in [0.3, 0.4) is 0 Å². The molecule has 2 unspecified atom stereocenters. The molecular weight excluding hydrogens is 249 g/mol. The lowest BCUT2D eigenvalue weighted by molar-refractivity contribution is 0.627. The number of nitrogens with zero attached hydrogens (tertiary/aromatic N) is 1. The first kappa shape index (κ1) is 11.8. The van der Waals surface area contributed by atoms with Gasteiger partial charge in [-0.3, -0.25) is 4.98 Å². The van der Waals surface area contributed by atoms with Crippen LogP contribution in [-0.2, 0) is 12.8 Å². The van der Waals surface area contributed by atoms with Crippen molar-refractivity contribution in [2.45, 2.75) is 19.3 Å². The molecule has 0 spiro atoms. The van der Waals surface area contributed by atoms with Crippen LogP contribution in [0.4, 0.5) is 4.39 Å². The zero-order valence-corrected chi connectivity index (χ0v) is 11.2. The lowest BCUT2D eigenvalue weighted by Gasteiger charge is -2.04. The zero-order chi connectivity index (χ0) is 13.5.